The van der Waals surface area contributed by atoms with Crippen molar-refractivity contribution >= 4 is 5.97 Å². The highest BCUT2D eigenvalue weighted by atomic mass is 16.5. The van der Waals surface area contributed by atoms with Gasteiger partial charge in [0.2, 0.25) is 0 Å². The molecular formula is C18H30O2. The molecule has 0 fully saturated rings. The molecule has 1 aromatic rings. The number of carbonyl (C=O) groups is 1. The van der Waals surface area contributed by atoms with E-state index in [4.69, 9.17) is 4.74 Å². The normalized spacial score (nSPS) is 10.6. The van der Waals surface area contributed by atoms with E-state index >= 15 is 0 Å². The zero-order valence-corrected chi connectivity index (χ0v) is 14.4. The third-order valence-corrected chi connectivity index (χ3v) is 3.52. The standard InChI is InChI=1S/C16H24O2.C2H6/c1-7-14(17)18-13-10-11(3)9-12(4)15(13)16(5,6)8-2;1-2/h9-10H,7-8H2,1-6H3;1-2H3. The predicted molar refractivity (Wildman–Crippen MR) is 86.5 cm³/mol. The first-order chi connectivity index (χ1) is 9.31. The number of hydrogen-bond acceptors (Lipinski definition) is 2. The summed E-state index contributed by atoms with van der Waals surface area (Å²) in [5, 5.41) is 0. The van der Waals surface area contributed by atoms with Crippen LogP contribution >= 0.6 is 0 Å². The molecule has 0 amide bonds. The van der Waals surface area contributed by atoms with Gasteiger partial charge in [-0.25, -0.2) is 0 Å². The van der Waals surface area contributed by atoms with Gasteiger partial charge in [0, 0.05) is 12.0 Å². The monoisotopic (exact) mass is 278 g/mol. The smallest absolute Gasteiger partial charge is 0.310 e. The third kappa shape index (κ3) is 4.66. The molecule has 1 aromatic carbocycles. The molecule has 20 heavy (non-hydrogen) atoms. The van der Waals surface area contributed by atoms with Crippen molar-refractivity contribution in [1.82, 2.24) is 0 Å². The largest absolute Gasteiger partial charge is 0.426 e. The van der Waals surface area contributed by atoms with Gasteiger partial charge >= 0.3 is 5.97 Å². The van der Waals surface area contributed by atoms with Crippen molar-refractivity contribution < 1.29 is 9.53 Å². The Bertz CT molecular complexity index is 445. The summed E-state index contributed by atoms with van der Waals surface area (Å²) in [7, 11) is 0. The molecule has 0 heterocycles. The molecule has 0 saturated carbocycles. The molecule has 0 spiro atoms. The molecule has 2 nitrogen and oxygen atoms in total. The van der Waals surface area contributed by atoms with Gasteiger partial charge in [-0.1, -0.05) is 47.6 Å². The number of ether oxygens (including phenoxy) is 1. The van der Waals surface area contributed by atoms with Crippen LogP contribution in [0.1, 0.15) is 71.1 Å². The average Bonchev–Trinajstić information content (AvgIpc) is 2.39. The van der Waals surface area contributed by atoms with Gasteiger partial charge in [-0.2, -0.15) is 0 Å². The van der Waals surface area contributed by atoms with Crippen molar-refractivity contribution in [3.63, 3.8) is 0 Å². The molecule has 114 valence electrons. The van der Waals surface area contributed by atoms with Crippen LogP contribution in [-0.2, 0) is 10.2 Å². The molecular weight excluding hydrogens is 248 g/mol. The Morgan fingerprint density at radius 1 is 1.15 bits per heavy atom. The molecule has 0 N–H and O–H groups in total. The Labute approximate surface area is 124 Å². The molecule has 1 rings (SSSR count). The lowest BCUT2D eigenvalue weighted by Crippen LogP contribution is -2.20. The summed E-state index contributed by atoms with van der Waals surface area (Å²) in [5.74, 6) is 0.555. The summed E-state index contributed by atoms with van der Waals surface area (Å²) < 4.78 is 5.51. The molecule has 0 saturated heterocycles. The summed E-state index contributed by atoms with van der Waals surface area (Å²) in [4.78, 5) is 11.5. The van der Waals surface area contributed by atoms with Crippen molar-refractivity contribution in [2.45, 2.75) is 73.6 Å². The minimum absolute atomic E-state index is 0.0150. The SMILES string of the molecule is CC.CCC(=O)Oc1cc(C)cc(C)c1C(C)(C)CC. The van der Waals surface area contributed by atoms with Crippen LogP contribution < -0.4 is 4.74 Å². The molecule has 0 unspecified atom stereocenters. The molecule has 0 aromatic heterocycles. The predicted octanol–water partition coefficient (Wildman–Crippen LogP) is 5.33. The Morgan fingerprint density at radius 2 is 1.70 bits per heavy atom. The van der Waals surface area contributed by atoms with Crippen molar-refractivity contribution in [2.75, 3.05) is 0 Å². The van der Waals surface area contributed by atoms with Crippen molar-refractivity contribution in [2.24, 2.45) is 0 Å². The molecule has 0 bridgehead atoms. The Morgan fingerprint density at radius 3 is 2.15 bits per heavy atom. The lowest BCUT2D eigenvalue weighted by atomic mass is 9.79. The molecule has 0 aliphatic heterocycles. The van der Waals surface area contributed by atoms with Gasteiger partial charge < -0.3 is 4.74 Å². The highest BCUT2D eigenvalue weighted by molar-refractivity contribution is 5.73. The van der Waals surface area contributed by atoms with Crippen LogP contribution in [0, 0.1) is 13.8 Å². The van der Waals surface area contributed by atoms with Crippen LogP contribution in [0.15, 0.2) is 12.1 Å². The van der Waals surface area contributed by atoms with Gasteiger partial charge in [0.25, 0.3) is 0 Å². The quantitative estimate of drug-likeness (QED) is 0.549. The lowest BCUT2D eigenvalue weighted by Gasteiger charge is -2.28. The van der Waals surface area contributed by atoms with E-state index in [0.717, 1.165) is 23.3 Å². The molecule has 2 heteroatoms. The second-order valence-corrected chi connectivity index (χ2v) is 5.52. The zero-order valence-electron chi connectivity index (χ0n) is 14.4. The second-order valence-electron chi connectivity index (χ2n) is 5.52. The summed E-state index contributed by atoms with van der Waals surface area (Å²) in [6.45, 7) is 16.5. The molecule has 0 atom stereocenters. The van der Waals surface area contributed by atoms with Crippen LogP contribution in [0.5, 0.6) is 5.75 Å². The zero-order chi connectivity index (χ0) is 15.9. The van der Waals surface area contributed by atoms with E-state index in [1.807, 2.05) is 33.8 Å². The van der Waals surface area contributed by atoms with Crippen LogP contribution in [0.4, 0.5) is 0 Å². The first kappa shape index (κ1) is 18.7. The average molecular weight is 278 g/mol. The maximum Gasteiger partial charge on any atom is 0.310 e. The van der Waals surface area contributed by atoms with Gasteiger partial charge in [0.1, 0.15) is 5.75 Å². The number of aryl methyl sites for hydroxylation is 2. The van der Waals surface area contributed by atoms with Crippen LogP contribution in [0.25, 0.3) is 0 Å². The maximum atomic E-state index is 11.5. The van der Waals surface area contributed by atoms with E-state index in [9.17, 15) is 4.79 Å². The summed E-state index contributed by atoms with van der Waals surface area (Å²) in [6.07, 6.45) is 1.41. The fourth-order valence-electron chi connectivity index (χ4n) is 2.25. The summed E-state index contributed by atoms with van der Waals surface area (Å²) in [5.41, 5.74) is 3.49. The van der Waals surface area contributed by atoms with Crippen molar-refractivity contribution in [3.05, 3.63) is 28.8 Å². The van der Waals surface area contributed by atoms with Crippen LogP contribution in [0.2, 0.25) is 0 Å². The second kappa shape index (κ2) is 8.08. The Kier molecular flexibility index (Phi) is 7.55. The maximum absolute atomic E-state index is 11.5. The number of hydrogen-bond donors (Lipinski definition) is 0. The lowest BCUT2D eigenvalue weighted by molar-refractivity contribution is -0.134. The van der Waals surface area contributed by atoms with Crippen LogP contribution in [-0.4, -0.2) is 5.97 Å². The van der Waals surface area contributed by atoms with Crippen molar-refractivity contribution in [1.29, 1.82) is 0 Å². The van der Waals surface area contributed by atoms with E-state index in [1.54, 1.807) is 0 Å². The minimum atomic E-state index is -0.173. The van der Waals surface area contributed by atoms with E-state index in [2.05, 4.69) is 33.8 Å². The number of esters is 1. The van der Waals surface area contributed by atoms with Gasteiger partial charge in [-0.3, -0.25) is 4.79 Å². The molecule has 0 aliphatic rings. The Hall–Kier alpha value is -1.31. The third-order valence-electron chi connectivity index (χ3n) is 3.52. The fourth-order valence-corrected chi connectivity index (χ4v) is 2.25. The van der Waals surface area contributed by atoms with E-state index < -0.39 is 0 Å². The number of benzene rings is 1. The first-order valence-electron chi connectivity index (χ1n) is 7.64. The molecule has 0 radical (unpaired) electrons. The van der Waals surface area contributed by atoms with Gasteiger partial charge in [0.05, 0.1) is 0 Å². The van der Waals surface area contributed by atoms with Gasteiger partial charge in [-0.15, -0.1) is 0 Å². The first-order valence-corrected chi connectivity index (χ1v) is 7.64. The summed E-state index contributed by atoms with van der Waals surface area (Å²) >= 11 is 0. The van der Waals surface area contributed by atoms with E-state index in [1.165, 1.54) is 5.56 Å². The topological polar surface area (TPSA) is 26.3 Å². The van der Waals surface area contributed by atoms with Crippen LogP contribution in [0.3, 0.4) is 0 Å². The minimum Gasteiger partial charge on any atom is -0.426 e. The van der Waals surface area contributed by atoms with Gasteiger partial charge in [0.15, 0.2) is 0 Å². The Balaban J connectivity index is 0.00000172. The molecule has 0 aliphatic carbocycles. The number of rotatable bonds is 4. The van der Waals surface area contributed by atoms with E-state index in [-0.39, 0.29) is 11.4 Å². The van der Waals surface area contributed by atoms with Gasteiger partial charge in [-0.05, 0) is 42.9 Å². The highest BCUT2D eigenvalue weighted by Crippen LogP contribution is 2.37. The highest BCUT2D eigenvalue weighted by Gasteiger charge is 2.25. The van der Waals surface area contributed by atoms with Crippen molar-refractivity contribution in [3.8, 4) is 5.75 Å². The number of carbonyl (C=O) groups excluding carboxylic acids is 1. The van der Waals surface area contributed by atoms with E-state index in [0.29, 0.717) is 6.42 Å². The fraction of sp³-hybridized carbons (Fsp3) is 0.611. The summed E-state index contributed by atoms with van der Waals surface area (Å²) in [6, 6.07) is 4.11.